The molecule has 0 aliphatic heterocycles. The highest BCUT2D eigenvalue weighted by Crippen LogP contribution is 2.17. The first-order valence-corrected chi connectivity index (χ1v) is 5.94. The van der Waals surface area contributed by atoms with E-state index in [0.717, 1.165) is 11.6 Å². The van der Waals surface area contributed by atoms with Gasteiger partial charge in [0.25, 0.3) is 0 Å². The summed E-state index contributed by atoms with van der Waals surface area (Å²) < 4.78 is 31.8. The van der Waals surface area contributed by atoms with Crippen LogP contribution in [0, 0.1) is 11.6 Å². The van der Waals surface area contributed by atoms with Crippen LogP contribution in [0.2, 0.25) is 0 Å². The largest absolute Gasteiger partial charge is 0.457 e. The highest BCUT2D eigenvalue weighted by Gasteiger charge is 2.16. The van der Waals surface area contributed by atoms with E-state index in [4.69, 9.17) is 4.74 Å². The summed E-state index contributed by atoms with van der Waals surface area (Å²) in [5, 5.41) is 0. The summed E-state index contributed by atoms with van der Waals surface area (Å²) in [5.41, 5.74) is 0.530. The van der Waals surface area contributed by atoms with E-state index in [1.807, 2.05) is 6.07 Å². The molecule has 20 heavy (non-hydrogen) atoms. The standard InChI is InChI=1S/C16H12F2O2/c1-2-12-8-13(15(18)9-14(12)17)16(19)20-10-11-6-4-3-5-7-11/h2-9H,1,10H2. The SMILES string of the molecule is C=Cc1cc(C(=O)OCc2ccccc2)c(F)cc1F. The van der Waals surface area contributed by atoms with Gasteiger partial charge >= 0.3 is 5.97 Å². The van der Waals surface area contributed by atoms with E-state index < -0.39 is 17.6 Å². The second kappa shape index (κ2) is 6.10. The second-order valence-corrected chi connectivity index (χ2v) is 4.12. The molecular formula is C16H12F2O2. The Bertz CT molecular complexity index is 636. The van der Waals surface area contributed by atoms with Crippen LogP contribution < -0.4 is 0 Å². The summed E-state index contributed by atoms with van der Waals surface area (Å²) in [4.78, 5) is 11.8. The van der Waals surface area contributed by atoms with Gasteiger partial charge in [-0.05, 0) is 11.6 Å². The number of benzene rings is 2. The molecule has 0 saturated heterocycles. The van der Waals surface area contributed by atoms with Crippen molar-refractivity contribution in [1.82, 2.24) is 0 Å². The van der Waals surface area contributed by atoms with Crippen LogP contribution in [-0.4, -0.2) is 5.97 Å². The summed E-state index contributed by atoms with van der Waals surface area (Å²) in [7, 11) is 0. The molecule has 0 saturated carbocycles. The third-order valence-electron chi connectivity index (χ3n) is 2.74. The number of carbonyl (C=O) groups is 1. The Morgan fingerprint density at radius 1 is 1.15 bits per heavy atom. The molecule has 0 bridgehead atoms. The Labute approximate surface area is 115 Å². The lowest BCUT2D eigenvalue weighted by Gasteiger charge is -2.07. The Balaban J connectivity index is 2.15. The third kappa shape index (κ3) is 3.09. The van der Waals surface area contributed by atoms with Gasteiger partial charge < -0.3 is 4.74 Å². The Morgan fingerprint density at radius 3 is 2.50 bits per heavy atom. The van der Waals surface area contributed by atoms with Crippen LogP contribution in [0.15, 0.2) is 49.0 Å². The molecular weight excluding hydrogens is 262 g/mol. The lowest BCUT2D eigenvalue weighted by Crippen LogP contribution is -2.08. The predicted octanol–water partition coefficient (Wildman–Crippen LogP) is 3.96. The Kier molecular flexibility index (Phi) is 4.25. The Morgan fingerprint density at radius 2 is 1.85 bits per heavy atom. The van der Waals surface area contributed by atoms with E-state index in [1.165, 1.54) is 6.08 Å². The van der Waals surface area contributed by atoms with E-state index >= 15 is 0 Å². The fourth-order valence-electron chi connectivity index (χ4n) is 1.68. The lowest BCUT2D eigenvalue weighted by molar-refractivity contribution is 0.0467. The molecule has 0 radical (unpaired) electrons. The first kappa shape index (κ1) is 13.9. The molecule has 2 nitrogen and oxygen atoms in total. The number of hydrogen-bond acceptors (Lipinski definition) is 2. The highest BCUT2D eigenvalue weighted by molar-refractivity contribution is 5.90. The van der Waals surface area contributed by atoms with Gasteiger partial charge in [0, 0.05) is 11.6 Å². The maximum Gasteiger partial charge on any atom is 0.341 e. The maximum atomic E-state index is 13.6. The zero-order chi connectivity index (χ0) is 14.5. The molecule has 0 aromatic heterocycles. The summed E-state index contributed by atoms with van der Waals surface area (Å²) in [6.45, 7) is 3.43. The van der Waals surface area contributed by atoms with Crippen molar-refractivity contribution in [2.45, 2.75) is 6.61 Å². The number of esters is 1. The van der Waals surface area contributed by atoms with E-state index in [9.17, 15) is 13.6 Å². The fraction of sp³-hybridized carbons (Fsp3) is 0.0625. The average Bonchev–Trinajstić information content (AvgIpc) is 2.46. The molecule has 0 aliphatic carbocycles. The van der Waals surface area contributed by atoms with Gasteiger partial charge in [-0.25, -0.2) is 13.6 Å². The average molecular weight is 274 g/mol. The van der Waals surface area contributed by atoms with Crippen molar-refractivity contribution in [2.24, 2.45) is 0 Å². The van der Waals surface area contributed by atoms with Crippen LogP contribution in [0.1, 0.15) is 21.5 Å². The zero-order valence-corrected chi connectivity index (χ0v) is 10.6. The fourth-order valence-corrected chi connectivity index (χ4v) is 1.68. The minimum absolute atomic E-state index is 0.0277. The Hall–Kier alpha value is -2.49. The van der Waals surface area contributed by atoms with Crippen molar-refractivity contribution in [3.8, 4) is 0 Å². The first-order valence-electron chi connectivity index (χ1n) is 5.94. The molecule has 0 atom stereocenters. The third-order valence-corrected chi connectivity index (χ3v) is 2.74. The molecule has 0 fully saturated rings. The molecule has 0 spiro atoms. The number of carbonyl (C=O) groups excluding carboxylic acids is 1. The molecule has 2 rings (SSSR count). The van der Waals surface area contributed by atoms with Crippen molar-refractivity contribution in [2.75, 3.05) is 0 Å². The van der Waals surface area contributed by atoms with Crippen LogP contribution in [0.25, 0.3) is 6.08 Å². The molecule has 0 unspecified atom stereocenters. The van der Waals surface area contributed by atoms with Crippen molar-refractivity contribution in [1.29, 1.82) is 0 Å². The van der Waals surface area contributed by atoms with Gasteiger partial charge in [0.1, 0.15) is 18.2 Å². The summed E-state index contributed by atoms with van der Waals surface area (Å²) in [6.07, 6.45) is 1.21. The minimum Gasteiger partial charge on any atom is -0.457 e. The number of halogens is 2. The molecule has 0 aliphatic rings. The van der Waals surface area contributed by atoms with E-state index in [-0.39, 0.29) is 17.7 Å². The van der Waals surface area contributed by atoms with Crippen molar-refractivity contribution >= 4 is 12.0 Å². The molecule has 0 amide bonds. The normalized spacial score (nSPS) is 10.1. The second-order valence-electron chi connectivity index (χ2n) is 4.12. The molecule has 102 valence electrons. The smallest absolute Gasteiger partial charge is 0.341 e. The van der Waals surface area contributed by atoms with Crippen LogP contribution in [0.3, 0.4) is 0 Å². The van der Waals surface area contributed by atoms with E-state index in [1.54, 1.807) is 24.3 Å². The van der Waals surface area contributed by atoms with Gasteiger partial charge in [-0.1, -0.05) is 43.0 Å². The maximum absolute atomic E-state index is 13.6. The topological polar surface area (TPSA) is 26.3 Å². The quantitative estimate of drug-likeness (QED) is 0.789. The van der Waals surface area contributed by atoms with Crippen molar-refractivity contribution in [3.05, 3.63) is 77.4 Å². The van der Waals surface area contributed by atoms with E-state index in [2.05, 4.69) is 6.58 Å². The monoisotopic (exact) mass is 274 g/mol. The van der Waals surface area contributed by atoms with Gasteiger partial charge in [0.05, 0.1) is 5.56 Å². The molecule has 2 aromatic rings. The van der Waals surface area contributed by atoms with Crippen LogP contribution >= 0.6 is 0 Å². The summed E-state index contributed by atoms with van der Waals surface area (Å²) >= 11 is 0. The zero-order valence-electron chi connectivity index (χ0n) is 10.6. The minimum atomic E-state index is -0.953. The van der Waals surface area contributed by atoms with Crippen LogP contribution in [-0.2, 0) is 11.3 Å². The number of ether oxygens (including phenoxy) is 1. The molecule has 2 aromatic carbocycles. The summed E-state index contributed by atoms with van der Waals surface area (Å²) in [6, 6.07) is 10.7. The molecule has 0 N–H and O–H groups in total. The molecule has 4 heteroatoms. The summed E-state index contributed by atoms with van der Waals surface area (Å²) in [5.74, 6) is -2.56. The lowest BCUT2D eigenvalue weighted by atomic mass is 10.1. The van der Waals surface area contributed by atoms with Crippen molar-refractivity contribution in [3.63, 3.8) is 0 Å². The van der Waals surface area contributed by atoms with Gasteiger partial charge in [0.15, 0.2) is 0 Å². The number of rotatable bonds is 4. The van der Waals surface area contributed by atoms with Gasteiger partial charge in [-0.15, -0.1) is 0 Å². The predicted molar refractivity (Wildman–Crippen MR) is 72.0 cm³/mol. The highest BCUT2D eigenvalue weighted by atomic mass is 19.1. The molecule has 0 heterocycles. The number of hydrogen-bond donors (Lipinski definition) is 0. The van der Waals surface area contributed by atoms with Gasteiger partial charge in [0.2, 0.25) is 0 Å². The van der Waals surface area contributed by atoms with Gasteiger partial charge in [-0.2, -0.15) is 0 Å². The van der Waals surface area contributed by atoms with Crippen LogP contribution in [0.4, 0.5) is 8.78 Å². The van der Waals surface area contributed by atoms with Crippen LogP contribution in [0.5, 0.6) is 0 Å². The van der Waals surface area contributed by atoms with E-state index in [0.29, 0.717) is 6.07 Å². The van der Waals surface area contributed by atoms with Gasteiger partial charge in [-0.3, -0.25) is 0 Å². The van der Waals surface area contributed by atoms with Crippen molar-refractivity contribution < 1.29 is 18.3 Å². The first-order chi connectivity index (χ1) is 9.61.